The van der Waals surface area contributed by atoms with Crippen molar-refractivity contribution in [2.45, 2.75) is 25.8 Å². The topological polar surface area (TPSA) is 75.4 Å². The van der Waals surface area contributed by atoms with Gasteiger partial charge in [-0.25, -0.2) is 0 Å². The molecule has 0 radical (unpaired) electrons. The van der Waals surface area contributed by atoms with Crippen LogP contribution in [0.2, 0.25) is 0 Å². The summed E-state index contributed by atoms with van der Waals surface area (Å²) in [6.07, 6.45) is 0.721. The standard InChI is InChI=1S/C17H20N2O2/c1-2-15(12-6-4-3-5-7-12)17(21)19-11-13-10-14(18)8-9-16(13)20/h3-10,15,20H,2,11,18H2,1H3,(H,19,21). The second-order valence-electron chi connectivity index (χ2n) is 4.98. The molecule has 0 bridgehead atoms. The number of rotatable bonds is 5. The molecule has 0 aliphatic carbocycles. The van der Waals surface area contributed by atoms with Crippen molar-refractivity contribution >= 4 is 11.6 Å². The Kier molecular flexibility index (Phi) is 4.82. The van der Waals surface area contributed by atoms with E-state index in [1.54, 1.807) is 12.1 Å². The zero-order valence-corrected chi connectivity index (χ0v) is 12.0. The molecule has 0 fully saturated rings. The molecule has 1 unspecified atom stereocenters. The Bertz CT molecular complexity index is 611. The van der Waals surface area contributed by atoms with Crippen molar-refractivity contribution in [1.29, 1.82) is 0 Å². The van der Waals surface area contributed by atoms with Gasteiger partial charge in [0, 0.05) is 17.8 Å². The van der Waals surface area contributed by atoms with Crippen LogP contribution in [0.3, 0.4) is 0 Å². The smallest absolute Gasteiger partial charge is 0.227 e. The lowest BCUT2D eigenvalue weighted by Crippen LogP contribution is -2.28. The summed E-state index contributed by atoms with van der Waals surface area (Å²) in [6, 6.07) is 14.5. The van der Waals surface area contributed by atoms with E-state index in [1.807, 2.05) is 37.3 Å². The second kappa shape index (κ2) is 6.79. The average Bonchev–Trinajstić information content (AvgIpc) is 2.50. The maximum Gasteiger partial charge on any atom is 0.227 e. The number of hydrogen-bond acceptors (Lipinski definition) is 3. The molecule has 0 aromatic heterocycles. The summed E-state index contributed by atoms with van der Waals surface area (Å²) in [5.74, 6) is -0.0998. The van der Waals surface area contributed by atoms with E-state index < -0.39 is 0 Å². The normalized spacial score (nSPS) is 11.9. The lowest BCUT2D eigenvalue weighted by atomic mass is 9.95. The van der Waals surface area contributed by atoms with Crippen LogP contribution in [-0.4, -0.2) is 11.0 Å². The zero-order chi connectivity index (χ0) is 15.2. The second-order valence-corrected chi connectivity index (χ2v) is 4.98. The van der Waals surface area contributed by atoms with Crippen LogP contribution in [-0.2, 0) is 11.3 Å². The average molecular weight is 284 g/mol. The molecule has 2 aromatic rings. The molecule has 0 aliphatic rings. The molecule has 110 valence electrons. The molecular formula is C17H20N2O2. The molecule has 0 saturated carbocycles. The van der Waals surface area contributed by atoms with E-state index in [0.29, 0.717) is 11.3 Å². The van der Waals surface area contributed by atoms with Crippen molar-refractivity contribution in [2.75, 3.05) is 5.73 Å². The maximum atomic E-state index is 12.3. The predicted octanol–water partition coefficient (Wildman–Crippen LogP) is 2.78. The lowest BCUT2D eigenvalue weighted by Gasteiger charge is -2.16. The highest BCUT2D eigenvalue weighted by molar-refractivity contribution is 5.83. The highest BCUT2D eigenvalue weighted by Gasteiger charge is 2.18. The van der Waals surface area contributed by atoms with Crippen LogP contribution in [0.1, 0.15) is 30.4 Å². The number of nitrogen functional groups attached to an aromatic ring is 1. The molecule has 4 N–H and O–H groups in total. The predicted molar refractivity (Wildman–Crippen MR) is 83.8 cm³/mol. The molecular weight excluding hydrogens is 264 g/mol. The van der Waals surface area contributed by atoms with E-state index in [0.717, 1.165) is 12.0 Å². The van der Waals surface area contributed by atoms with Gasteiger partial charge >= 0.3 is 0 Å². The quantitative estimate of drug-likeness (QED) is 0.584. The number of phenols is 1. The first-order valence-electron chi connectivity index (χ1n) is 7.01. The molecule has 0 heterocycles. The zero-order valence-electron chi connectivity index (χ0n) is 12.0. The van der Waals surface area contributed by atoms with Crippen LogP contribution in [0.5, 0.6) is 5.75 Å². The highest BCUT2D eigenvalue weighted by atomic mass is 16.3. The van der Waals surface area contributed by atoms with Crippen molar-refractivity contribution in [2.24, 2.45) is 0 Å². The van der Waals surface area contributed by atoms with Gasteiger partial charge in [-0.3, -0.25) is 4.79 Å². The molecule has 1 atom stereocenters. The van der Waals surface area contributed by atoms with E-state index in [2.05, 4.69) is 5.32 Å². The summed E-state index contributed by atoms with van der Waals surface area (Å²) in [5.41, 5.74) is 7.86. The molecule has 0 aliphatic heterocycles. The molecule has 21 heavy (non-hydrogen) atoms. The van der Waals surface area contributed by atoms with Gasteiger partial charge in [0.2, 0.25) is 5.91 Å². The van der Waals surface area contributed by atoms with Crippen molar-refractivity contribution in [3.63, 3.8) is 0 Å². The number of hydrogen-bond donors (Lipinski definition) is 3. The van der Waals surface area contributed by atoms with Crippen molar-refractivity contribution in [1.82, 2.24) is 5.32 Å². The summed E-state index contributed by atoms with van der Waals surface area (Å²) in [5, 5.41) is 12.6. The molecule has 2 aromatic carbocycles. The molecule has 1 amide bonds. The number of aromatic hydroxyl groups is 1. The minimum Gasteiger partial charge on any atom is -0.508 e. The van der Waals surface area contributed by atoms with Gasteiger partial charge in [0.15, 0.2) is 0 Å². The molecule has 0 spiro atoms. The number of nitrogens with two attached hydrogens (primary N) is 1. The minimum absolute atomic E-state index is 0.0504. The number of nitrogens with one attached hydrogen (secondary N) is 1. The van der Waals surface area contributed by atoms with Crippen molar-refractivity contribution in [3.05, 3.63) is 59.7 Å². The van der Waals surface area contributed by atoms with Gasteiger partial charge in [0.1, 0.15) is 5.75 Å². The highest BCUT2D eigenvalue weighted by Crippen LogP contribution is 2.22. The van der Waals surface area contributed by atoms with Gasteiger partial charge in [-0.1, -0.05) is 37.3 Å². The molecule has 0 saturated heterocycles. The third-order valence-corrected chi connectivity index (χ3v) is 3.48. The lowest BCUT2D eigenvalue weighted by molar-refractivity contribution is -0.122. The fraction of sp³-hybridized carbons (Fsp3) is 0.235. The summed E-state index contributed by atoms with van der Waals surface area (Å²) >= 11 is 0. The Morgan fingerprint density at radius 1 is 1.24 bits per heavy atom. The summed E-state index contributed by atoms with van der Waals surface area (Å²) in [7, 11) is 0. The Morgan fingerprint density at radius 3 is 2.62 bits per heavy atom. The number of anilines is 1. The Balaban J connectivity index is 2.05. The van der Waals surface area contributed by atoms with Gasteiger partial charge < -0.3 is 16.2 Å². The number of carbonyl (C=O) groups excluding carboxylic acids is 1. The summed E-state index contributed by atoms with van der Waals surface area (Å²) in [4.78, 5) is 12.3. The monoisotopic (exact) mass is 284 g/mol. The van der Waals surface area contributed by atoms with E-state index in [1.165, 1.54) is 6.07 Å². The van der Waals surface area contributed by atoms with Crippen LogP contribution in [0, 0.1) is 0 Å². The molecule has 2 rings (SSSR count). The van der Waals surface area contributed by atoms with Crippen molar-refractivity contribution in [3.8, 4) is 5.75 Å². The van der Waals surface area contributed by atoms with Gasteiger partial charge in [0.05, 0.1) is 5.92 Å². The fourth-order valence-corrected chi connectivity index (χ4v) is 2.31. The number of phenolic OH excluding ortho intramolecular Hbond substituents is 1. The van der Waals surface area contributed by atoms with Crippen molar-refractivity contribution < 1.29 is 9.90 Å². The van der Waals surface area contributed by atoms with Gasteiger partial charge in [-0.05, 0) is 30.2 Å². The number of benzene rings is 2. The molecule has 4 heteroatoms. The van der Waals surface area contributed by atoms with Gasteiger partial charge in [-0.15, -0.1) is 0 Å². The maximum absolute atomic E-state index is 12.3. The molecule has 4 nitrogen and oxygen atoms in total. The van der Waals surface area contributed by atoms with E-state index in [9.17, 15) is 9.90 Å². The first-order valence-corrected chi connectivity index (χ1v) is 7.01. The first-order chi connectivity index (χ1) is 10.1. The van der Waals surface area contributed by atoms with Crippen LogP contribution in [0.4, 0.5) is 5.69 Å². The third kappa shape index (κ3) is 3.75. The fourth-order valence-electron chi connectivity index (χ4n) is 2.31. The first kappa shape index (κ1) is 14.9. The van der Waals surface area contributed by atoms with E-state index in [-0.39, 0.29) is 24.1 Å². The summed E-state index contributed by atoms with van der Waals surface area (Å²) in [6.45, 7) is 2.24. The number of carbonyl (C=O) groups is 1. The largest absolute Gasteiger partial charge is 0.508 e. The Hall–Kier alpha value is -2.49. The van der Waals surface area contributed by atoms with Gasteiger partial charge in [0.25, 0.3) is 0 Å². The third-order valence-electron chi connectivity index (χ3n) is 3.48. The van der Waals surface area contributed by atoms with E-state index >= 15 is 0 Å². The van der Waals surface area contributed by atoms with Crippen LogP contribution >= 0.6 is 0 Å². The van der Waals surface area contributed by atoms with Crippen LogP contribution in [0.15, 0.2) is 48.5 Å². The minimum atomic E-state index is -0.186. The van der Waals surface area contributed by atoms with Crippen LogP contribution < -0.4 is 11.1 Å². The summed E-state index contributed by atoms with van der Waals surface area (Å²) < 4.78 is 0. The van der Waals surface area contributed by atoms with Crippen LogP contribution in [0.25, 0.3) is 0 Å². The SMILES string of the molecule is CCC(C(=O)NCc1cc(N)ccc1O)c1ccccc1. The van der Waals surface area contributed by atoms with E-state index in [4.69, 9.17) is 5.73 Å². The Morgan fingerprint density at radius 2 is 1.95 bits per heavy atom. The van der Waals surface area contributed by atoms with Gasteiger partial charge in [-0.2, -0.15) is 0 Å². The number of amides is 1. The Labute approximate surface area is 124 Å².